The van der Waals surface area contributed by atoms with Crippen molar-refractivity contribution < 1.29 is 28.3 Å². The minimum absolute atomic E-state index is 0.0387. The van der Waals surface area contributed by atoms with Gasteiger partial charge in [0.25, 0.3) is 5.89 Å². The number of fused-ring (bicyclic) bond motifs is 8. The van der Waals surface area contributed by atoms with Crippen LogP contribution in [0.4, 0.5) is 0 Å². The summed E-state index contributed by atoms with van der Waals surface area (Å²) in [7, 11) is 0. The van der Waals surface area contributed by atoms with E-state index in [4.69, 9.17) is 52.5 Å². The van der Waals surface area contributed by atoms with Crippen molar-refractivity contribution in [3.63, 3.8) is 0 Å². The lowest BCUT2D eigenvalue weighted by molar-refractivity contribution is -0.130. The lowest BCUT2D eigenvalue weighted by Gasteiger charge is -2.33. The number of aromatic nitrogens is 3. The number of para-hydroxylation sites is 1. The Labute approximate surface area is 325 Å². The van der Waals surface area contributed by atoms with Gasteiger partial charge in [0.15, 0.2) is 22.4 Å². The van der Waals surface area contributed by atoms with Crippen LogP contribution in [0.15, 0.2) is 63.4 Å². The SMILES string of the molecule is CC(C)C(N)C(=O)N[C@H]1Cc2ccc(O)c(c2)[C@]23c4cccc(c4OC2C)-c2cccc4[nH]c(Cl)c(c24)-c2oc(nc2Cl)-c2nc(oc23)[C@H](C(C)C)NC1=O. The zero-order valence-corrected chi connectivity index (χ0v) is 32.1. The van der Waals surface area contributed by atoms with Gasteiger partial charge in [-0.1, -0.05) is 93.4 Å². The highest BCUT2D eigenvalue weighted by atomic mass is 35.5. The average Bonchev–Trinajstić information content (AvgIpc) is 3.90. The zero-order chi connectivity index (χ0) is 38.7. The van der Waals surface area contributed by atoms with Crippen molar-refractivity contribution in [2.24, 2.45) is 17.6 Å². The van der Waals surface area contributed by atoms with Crippen LogP contribution in [0, 0.1) is 11.8 Å². The molecule has 14 heteroatoms. The number of rotatable bonds is 4. The summed E-state index contributed by atoms with van der Waals surface area (Å²) in [5.41, 5.74) is 9.70. The average molecular weight is 782 g/mol. The van der Waals surface area contributed by atoms with Crippen LogP contribution in [0.25, 0.3) is 44.9 Å². The summed E-state index contributed by atoms with van der Waals surface area (Å²) in [5, 5.41) is 19.1. The fourth-order valence-corrected chi connectivity index (χ4v) is 8.86. The number of halogens is 2. The molecule has 3 aliphatic heterocycles. The van der Waals surface area contributed by atoms with E-state index in [-0.39, 0.29) is 58.2 Å². The van der Waals surface area contributed by atoms with Gasteiger partial charge in [-0.2, -0.15) is 4.98 Å². The Bertz CT molecular complexity index is 2570. The minimum Gasteiger partial charge on any atom is -0.508 e. The third-order valence-corrected chi connectivity index (χ3v) is 11.8. The van der Waals surface area contributed by atoms with Gasteiger partial charge in [-0.15, -0.1) is 0 Å². The Morgan fingerprint density at radius 3 is 2.56 bits per heavy atom. The Hall–Kier alpha value is -5.30. The minimum atomic E-state index is -1.36. The number of H-pyrrole nitrogens is 1. The van der Waals surface area contributed by atoms with E-state index in [0.717, 1.165) is 22.0 Å². The highest BCUT2D eigenvalue weighted by molar-refractivity contribution is 6.37. The van der Waals surface area contributed by atoms with Crippen LogP contribution in [0.5, 0.6) is 11.5 Å². The molecule has 6 N–H and O–H groups in total. The lowest BCUT2D eigenvalue weighted by Crippen LogP contribution is -2.54. The number of nitrogens with two attached hydrogens (primary N) is 1. The number of hydrogen-bond acceptors (Lipinski definition) is 9. The van der Waals surface area contributed by atoms with Crippen molar-refractivity contribution in [2.75, 3.05) is 0 Å². The van der Waals surface area contributed by atoms with Crippen molar-refractivity contribution in [3.8, 4) is 45.5 Å². The van der Waals surface area contributed by atoms with Crippen molar-refractivity contribution in [2.45, 2.75) is 70.7 Å². The normalized spacial score (nSPS) is 21.6. The number of phenols is 1. The molecule has 0 saturated heterocycles. The summed E-state index contributed by atoms with van der Waals surface area (Å²) < 4.78 is 20.5. The number of aromatic amines is 1. The smallest absolute Gasteiger partial charge is 0.250 e. The third kappa shape index (κ3) is 5.14. The quantitative estimate of drug-likeness (QED) is 0.122. The number of oxazole rings is 2. The fraction of sp³-hybridized carbons (Fsp3) is 0.317. The van der Waals surface area contributed by atoms with Crippen LogP contribution in [0.3, 0.4) is 0 Å². The first-order chi connectivity index (χ1) is 26.3. The van der Waals surface area contributed by atoms with Crippen LogP contribution in [0.2, 0.25) is 10.3 Å². The summed E-state index contributed by atoms with van der Waals surface area (Å²) in [6.07, 6.45) is -0.617. The molecule has 1 spiro atoms. The van der Waals surface area contributed by atoms with Crippen molar-refractivity contribution in [3.05, 3.63) is 93.2 Å². The molecule has 0 fully saturated rings. The van der Waals surface area contributed by atoms with E-state index in [1.54, 1.807) is 12.1 Å². The predicted molar refractivity (Wildman–Crippen MR) is 207 cm³/mol. The van der Waals surface area contributed by atoms with Crippen LogP contribution in [-0.2, 0) is 21.4 Å². The van der Waals surface area contributed by atoms with Crippen LogP contribution < -0.4 is 21.1 Å². The molecular formula is C41H38Cl2N6O6. The summed E-state index contributed by atoms with van der Waals surface area (Å²) in [5.74, 6) is -0.113. The number of nitrogens with one attached hydrogen (secondary N) is 3. The van der Waals surface area contributed by atoms with E-state index < -0.39 is 41.5 Å². The van der Waals surface area contributed by atoms with Gasteiger partial charge >= 0.3 is 0 Å². The van der Waals surface area contributed by atoms with Gasteiger partial charge in [0.05, 0.1) is 11.6 Å². The van der Waals surface area contributed by atoms with E-state index in [9.17, 15) is 14.7 Å². The van der Waals surface area contributed by atoms with Crippen LogP contribution in [-0.4, -0.2) is 50.1 Å². The van der Waals surface area contributed by atoms with E-state index in [1.165, 1.54) is 0 Å². The fourth-order valence-electron chi connectivity index (χ4n) is 8.37. The third-order valence-electron chi connectivity index (χ3n) is 11.2. The first-order valence-electron chi connectivity index (χ1n) is 18.3. The largest absolute Gasteiger partial charge is 0.508 e. The Morgan fingerprint density at radius 1 is 1.04 bits per heavy atom. The molecule has 282 valence electrons. The summed E-state index contributed by atoms with van der Waals surface area (Å²) >= 11 is 13.9. The molecule has 9 rings (SSSR count). The molecule has 2 amide bonds. The number of benzene rings is 3. The molecule has 0 aliphatic carbocycles. The van der Waals surface area contributed by atoms with Gasteiger partial charge in [0.1, 0.15) is 40.3 Å². The lowest BCUT2D eigenvalue weighted by atomic mass is 9.68. The zero-order valence-electron chi connectivity index (χ0n) is 30.6. The maximum absolute atomic E-state index is 14.2. The van der Waals surface area contributed by atoms with Gasteiger partial charge in [0, 0.05) is 34.0 Å². The monoisotopic (exact) mass is 780 g/mol. The Morgan fingerprint density at radius 2 is 1.80 bits per heavy atom. The molecule has 0 saturated carbocycles. The number of carbonyl (C=O) groups excluding carboxylic acids is 2. The standard InChI is InChI=1S/C41H38Cl2N6O6/c1-16(2)29(44)38(52)46-25-15-19-12-13-26(50)23(14-19)41-18(5)53-32-21(9-6-10-22(32)41)20-8-7-11-24-27(20)28(35(42)45-24)33-36(43)49-40(54-33)31-34(41)55-39(48-31)30(17(3)4)47-37(25)51/h6-14,16-18,25,29-30,45,50H,15,44H2,1-5H3,(H,46,52)(H,47,51)/t18?,25-,29?,30-,41+/m0/s1. The van der Waals surface area contributed by atoms with E-state index in [1.807, 2.05) is 77.1 Å². The Kier molecular flexibility index (Phi) is 8.12. The van der Waals surface area contributed by atoms with Crippen LogP contribution >= 0.6 is 23.2 Å². The number of amides is 2. The van der Waals surface area contributed by atoms with Gasteiger partial charge in [0.2, 0.25) is 17.7 Å². The van der Waals surface area contributed by atoms with E-state index in [0.29, 0.717) is 33.2 Å². The molecule has 0 radical (unpaired) electrons. The highest BCUT2D eigenvalue weighted by Crippen LogP contribution is 2.60. The topological polar surface area (TPSA) is 182 Å². The summed E-state index contributed by atoms with van der Waals surface area (Å²) in [6.45, 7) is 9.45. The number of hydrogen-bond donors (Lipinski definition) is 5. The number of nitrogens with zero attached hydrogens (tertiary/aromatic N) is 2. The molecule has 12 nitrogen and oxygen atoms in total. The van der Waals surface area contributed by atoms with Crippen molar-refractivity contribution >= 4 is 45.9 Å². The molecule has 3 aliphatic rings. The maximum Gasteiger partial charge on any atom is 0.250 e. The first-order valence-corrected chi connectivity index (χ1v) is 19.0. The van der Waals surface area contributed by atoms with Crippen molar-refractivity contribution in [1.82, 2.24) is 25.6 Å². The number of phenolic OH excluding ortho intramolecular Hbond substituents is 1. The Balaban J connectivity index is 1.40. The summed E-state index contributed by atoms with van der Waals surface area (Å²) in [6, 6.07) is 14.2. The maximum atomic E-state index is 14.2. The second-order valence-electron chi connectivity index (χ2n) is 15.3. The molecule has 3 aromatic carbocycles. The molecule has 5 atom stereocenters. The molecule has 6 heterocycles. The second kappa shape index (κ2) is 12.6. The highest BCUT2D eigenvalue weighted by Gasteiger charge is 2.57. The van der Waals surface area contributed by atoms with Gasteiger partial charge in [-0.05, 0) is 42.0 Å². The predicted octanol–water partition coefficient (Wildman–Crippen LogP) is 7.42. The second-order valence-corrected chi connectivity index (χ2v) is 16.0. The molecular weight excluding hydrogens is 743 g/mol. The molecule has 55 heavy (non-hydrogen) atoms. The van der Waals surface area contributed by atoms with Gasteiger partial charge in [-0.3, -0.25) is 9.59 Å². The van der Waals surface area contributed by atoms with E-state index in [2.05, 4.69) is 15.6 Å². The van der Waals surface area contributed by atoms with Gasteiger partial charge in [-0.25, -0.2) is 4.98 Å². The number of ether oxygens (including phenoxy) is 1. The van der Waals surface area contributed by atoms with Gasteiger partial charge < -0.3 is 40.0 Å². The van der Waals surface area contributed by atoms with Crippen molar-refractivity contribution in [1.29, 1.82) is 0 Å². The number of carbonyl (C=O) groups is 2. The number of aromatic hydroxyl groups is 1. The van der Waals surface area contributed by atoms with E-state index >= 15 is 0 Å². The van der Waals surface area contributed by atoms with Crippen LogP contribution in [0.1, 0.15) is 69.0 Å². The molecule has 6 aromatic rings. The molecule has 2 unspecified atom stereocenters. The summed E-state index contributed by atoms with van der Waals surface area (Å²) in [4.78, 5) is 40.6. The molecule has 3 aromatic heterocycles. The first kappa shape index (κ1) is 35.4. The molecule has 10 bridgehead atoms.